The Bertz CT molecular complexity index is 580. The summed E-state index contributed by atoms with van der Waals surface area (Å²) in [4.78, 5) is 23.2. The number of carbonyl (C=O) groups is 1. The predicted molar refractivity (Wildman–Crippen MR) is 72.3 cm³/mol. The van der Waals surface area contributed by atoms with Crippen LogP contribution in [0.2, 0.25) is 0 Å². The van der Waals surface area contributed by atoms with E-state index >= 15 is 0 Å². The van der Waals surface area contributed by atoms with E-state index in [0.29, 0.717) is 5.82 Å². The molecule has 0 aliphatic rings. The highest BCUT2D eigenvalue weighted by Gasteiger charge is 2.19. The lowest BCUT2D eigenvalue weighted by molar-refractivity contribution is -0.135. The second kappa shape index (κ2) is 4.89. The van der Waals surface area contributed by atoms with Gasteiger partial charge in [0, 0.05) is 10.9 Å². The van der Waals surface area contributed by atoms with Crippen LogP contribution in [-0.4, -0.2) is 33.6 Å². The molecule has 0 saturated carbocycles. The van der Waals surface area contributed by atoms with Gasteiger partial charge < -0.3 is 10.0 Å². The van der Waals surface area contributed by atoms with E-state index < -0.39 is 5.97 Å². The van der Waals surface area contributed by atoms with E-state index in [1.165, 1.54) is 6.33 Å². The average Bonchev–Trinajstić information content (AvgIpc) is 2.65. The summed E-state index contributed by atoms with van der Waals surface area (Å²) in [6.45, 7) is 5.86. The van der Waals surface area contributed by atoms with Crippen LogP contribution in [0, 0.1) is 6.92 Å². The van der Waals surface area contributed by atoms with Gasteiger partial charge in [-0.3, -0.25) is 4.79 Å². The Morgan fingerprint density at radius 2 is 2.22 bits per heavy atom. The van der Waals surface area contributed by atoms with Crippen LogP contribution in [0.3, 0.4) is 0 Å². The third-order valence-electron chi connectivity index (χ3n) is 2.63. The molecule has 2 aromatic heterocycles. The Morgan fingerprint density at radius 1 is 1.50 bits per heavy atom. The van der Waals surface area contributed by atoms with Crippen molar-refractivity contribution in [2.75, 3.05) is 11.4 Å². The van der Waals surface area contributed by atoms with E-state index in [2.05, 4.69) is 9.97 Å². The quantitative estimate of drug-likeness (QED) is 0.918. The first kappa shape index (κ1) is 12.8. The van der Waals surface area contributed by atoms with Crippen LogP contribution >= 0.6 is 11.3 Å². The van der Waals surface area contributed by atoms with Crippen molar-refractivity contribution in [1.82, 2.24) is 9.97 Å². The van der Waals surface area contributed by atoms with E-state index in [4.69, 9.17) is 5.11 Å². The molecular formula is C12H15N3O2S. The molecule has 96 valence electrons. The lowest BCUT2D eigenvalue weighted by Crippen LogP contribution is -2.36. The predicted octanol–water partition coefficient (Wildman–Crippen LogP) is 2.30. The monoisotopic (exact) mass is 265 g/mol. The molecule has 0 unspecified atom stereocenters. The molecule has 0 spiro atoms. The Hall–Kier alpha value is -1.69. The highest BCUT2D eigenvalue weighted by Crippen LogP contribution is 2.30. The van der Waals surface area contributed by atoms with Gasteiger partial charge >= 0.3 is 5.97 Å². The van der Waals surface area contributed by atoms with Gasteiger partial charge in [0.2, 0.25) is 0 Å². The van der Waals surface area contributed by atoms with Crippen molar-refractivity contribution < 1.29 is 9.90 Å². The maximum absolute atomic E-state index is 10.9. The van der Waals surface area contributed by atoms with Crippen LogP contribution in [0.25, 0.3) is 10.2 Å². The fourth-order valence-electron chi connectivity index (χ4n) is 1.84. The van der Waals surface area contributed by atoms with Crippen LogP contribution in [0.15, 0.2) is 12.4 Å². The molecule has 2 rings (SSSR count). The molecule has 0 aromatic carbocycles. The summed E-state index contributed by atoms with van der Waals surface area (Å²) >= 11 is 1.59. The van der Waals surface area contributed by atoms with Crippen molar-refractivity contribution >= 4 is 33.3 Å². The molecule has 0 bridgehead atoms. The molecule has 0 saturated heterocycles. The van der Waals surface area contributed by atoms with Gasteiger partial charge in [-0.05, 0) is 26.8 Å². The number of hydrogen-bond donors (Lipinski definition) is 1. The first-order valence-electron chi connectivity index (χ1n) is 5.68. The van der Waals surface area contributed by atoms with Crippen molar-refractivity contribution in [3.05, 3.63) is 17.3 Å². The summed E-state index contributed by atoms with van der Waals surface area (Å²) in [5.74, 6) is -0.163. The molecular weight excluding hydrogens is 250 g/mol. The number of anilines is 1. The van der Waals surface area contributed by atoms with Gasteiger partial charge in [-0.25, -0.2) is 9.97 Å². The van der Waals surface area contributed by atoms with Crippen LogP contribution in [-0.2, 0) is 4.79 Å². The molecule has 1 N–H and O–H groups in total. The minimum atomic E-state index is -0.859. The molecule has 0 amide bonds. The highest BCUT2D eigenvalue weighted by molar-refractivity contribution is 7.18. The number of hydrogen-bond acceptors (Lipinski definition) is 5. The number of thiophene rings is 1. The normalized spacial score (nSPS) is 11.1. The average molecular weight is 265 g/mol. The van der Waals surface area contributed by atoms with E-state index in [9.17, 15) is 4.79 Å². The molecule has 6 heteroatoms. The summed E-state index contributed by atoms with van der Waals surface area (Å²) in [7, 11) is 0. The molecule has 2 aromatic rings. The summed E-state index contributed by atoms with van der Waals surface area (Å²) in [6, 6.07) is 2.08. The largest absolute Gasteiger partial charge is 0.480 e. The lowest BCUT2D eigenvalue weighted by atomic mass is 10.2. The zero-order valence-electron chi connectivity index (χ0n) is 10.5. The SMILES string of the molecule is Cc1cc2c(N(CC(=O)O)C(C)C)ncnc2s1. The summed E-state index contributed by atoms with van der Waals surface area (Å²) in [5.41, 5.74) is 0. The standard InChI is InChI=1S/C12H15N3O2S/c1-7(2)15(5-10(16)17)11-9-4-8(3)18-12(9)14-6-13-11/h4,6-7H,5H2,1-3H3,(H,16,17). The maximum atomic E-state index is 10.9. The Kier molecular flexibility index (Phi) is 3.47. The number of aromatic nitrogens is 2. The number of fused-ring (bicyclic) bond motifs is 1. The summed E-state index contributed by atoms with van der Waals surface area (Å²) in [5, 5.41) is 9.91. The minimum absolute atomic E-state index is 0.0569. The maximum Gasteiger partial charge on any atom is 0.323 e. The molecule has 2 heterocycles. The number of carboxylic acids is 1. The summed E-state index contributed by atoms with van der Waals surface area (Å²) in [6.07, 6.45) is 1.49. The Labute approximate surface area is 109 Å². The summed E-state index contributed by atoms with van der Waals surface area (Å²) < 4.78 is 0. The first-order valence-corrected chi connectivity index (χ1v) is 6.50. The van der Waals surface area contributed by atoms with Crippen LogP contribution < -0.4 is 4.90 Å². The van der Waals surface area contributed by atoms with Crippen molar-refractivity contribution in [2.24, 2.45) is 0 Å². The van der Waals surface area contributed by atoms with Gasteiger partial charge in [0.05, 0.1) is 5.39 Å². The highest BCUT2D eigenvalue weighted by atomic mass is 32.1. The number of aryl methyl sites for hydroxylation is 1. The fraction of sp³-hybridized carbons (Fsp3) is 0.417. The van der Waals surface area contributed by atoms with Gasteiger partial charge in [0.1, 0.15) is 23.5 Å². The van der Waals surface area contributed by atoms with E-state index in [-0.39, 0.29) is 12.6 Å². The van der Waals surface area contributed by atoms with Crippen molar-refractivity contribution in [3.8, 4) is 0 Å². The number of carboxylic acid groups (broad SMARTS) is 1. The second-order valence-electron chi connectivity index (χ2n) is 4.39. The van der Waals surface area contributed by atoms with Crippen LogP contribution in [0.4, 0.5) is 5.82 Å². The minimum Gasteiger partial charge on any atom is -0.480 e. The smallest absolute Gasteiger partial charge is 0.323 e. The zero-order chi connectivity index (χ0) is 13.3. The van der Waals surface area contributed by atoms with Gasteiger partial charge in [0.25, 0.3) is 0 Å². The van der Waals surface area contributed by atoms with E-state index in [1.54, 1.807) is 16.2 Å². The number of nitrogens with zero attached hydrogens (tertiary/aromatic N) is 3. The van der Waals surface area contributed by atoms with Gasteiger partial charge in [-0.15, -0.1) is 11.3 Å². The van der Waals surface area contributed by atoms with Crippen molar-refractivity contribution in [3.63, 3.8) is 0 Å². The van der Waals surface area contributed by atoms with Gasteiger partial charge in [-0.1, -0.05) is 0 Å². The van der Waals surface area contributed by atoms with Crippen molar-refractivity contribution in [2.45, 2.75) is 26.8 Å². The molecule has 0 aliphatic heterocycles. The molecule has 0 aliphatic carbocycles. The van der Waals surface area contributed by atoms with Crippen LogP contribution in [0.1, 0.15) is 18.7 Å². The number of aliphatic carboxylic acids is 1. The van der Waals surface area contributed by atoms with E-state index in [0.717, 1.165) is 15.1 Å². The Morgan fingerprint density at radius 3 is 2.83 bits per heavy atom. The second-order valence-corrected chi connectivity index (χ2v) is 5.62. The third-order valence-corrected chi connectivity index (χ3v) is 3.59. The number of rotatable bonds is 4. The van der Waals surface area contributed by atoms with Gasteiger partial charge in [0.15, 0.2) is 0 Å². The molecule has 18 heavy (non-hydrogen) atoms. The van der Waals surface area contributed by atoms with Crippen LogP contribution in [0.5, 0.6) is 0 Å². The Balaban J connectivity index is 2.52. The molecule has 0 atom stereocenters. The lowest BCUT2D eigenvalue weighted by Gasteiger charge is -2.26. The zero-order valence-corrected chi connectivity index (χ0v) is 11.4. The van der Waals surface area contributed by atoms with E-state index in [1.807, 2.05) is 26.8 Å². The van der Waals surface area contributed by atoms with Gasteiger partial charge in [-0.2, -0.15) is 0 Å². The molecule has 0 radical (unpaired) electrons. The molecule has 5 nitrogen and oxygen atoms in total. The fourth-order valence-corrected chi connectivity index (χ4v) is 2.68. The third kappa shape index (κ3) is 2.43. The van der Waals surface area contributed by atoms with Crippen molar-refractivity contribution in [1.29, 1.82) is 0 Å². The molecule has 0 fully saturated rings. The first-order chi connectivity index (χ1) is 8.49. The topological polar surface area (TPSA) is 66.3 Å².